The Morgan fingerprint density at radius 2 is 2.35 bits per heavy atom. The fourth-order valence-corrected chi connectivity index (χ4v) is 2.20. The van der Waals surface area contributed by atoms with Gasteiger partial charge in [-0.3, -0.25) is 0 Å². The smallest absolute Gasteiger partial charge is 0.339 e. The van der Waals surface area contributed by atoms with Crippen molar-refractivity contribution in [3.8, 4) is 0 Å². The molecule has 1 saturated carbocycles. The molecule has 3 N–H and O–H groups in total. The van der Waals surface area contributed by atoms with Gasteiger partial charge < -0.3 is 15.5 Å². The highest BCUT2D eigenvalue weighted by atomic mass is 16.4. The minimum absolute atomic E-state index is 0.167. The number of carboxylic acid groups (broad SMARTS) is 1. The summed E-state index contributed by atoms with van der Waals surface area (Å²) in [6.45, 7) is 0.568. The first kappa shape index (κ1) is 11.9. The molecule has 1 aromatic heterocycles. The summed E-state index contributed by atoms with van der Waals surface area (Å²) in [6, 6.07) is 3.11. The Balaban J connectivity index is 2.01. The van der Waals surface area contributed by atoms with Crippen LogP contribution >= 0.6 is 0 Å². The third-order valence-electron chi connectivity index (χ3n) is 3.19. The van der Waals surface area contributed by atoms with Gasteiger partial charge >= 0.3 is 5.97 Å². The standard InChI is InChI=1S/C12H16N2O3/c15-10-5-1-3-8(10)7-14-11-9(12(16)17)4-2-6-13-11/h2,4,6,8,10,15H,1,3,5,7H2,(H,13,14)(H,16,17). The molecule has 2 rings (SSSR count). The number of rotatable bonds is 4. The van der Waals surface area contributed by atoms with Crippen molar-refractivity contribution in [1.82, 2.24) is 4.98 Å². The van der Waals surface area contributed by atoms with E-state index in [0.717, 1.165) is 19.3 Å². The van der Waals surface area contributed by atoms with E-state index in [-0.39, 0.29) is 17.6 Å². The second-order valence-corrected chi connectivity index (χ2v) is 4.34. The Morgan fingerprint density at radius 3 is 3.00 bits per heavy atom. The zero-order chi connectivity index (χ0) is 12.3. The Kier molecular flexibility index (Phi) is 3.58. The van der Waals surface area contributed by atoms with Gasteiger partial charge in [0.1, 0.15) is 11.4 Å². The zero-order valence-corrected chi connectivity index (χ0v) is 9.47. The summed E-state index contributed by atoms with van der Waals surface area (Å²) in [7, 11) is 0. The van der Waals surface area contributed by atoms with Crippen LogP contribution in [0.25, 0.3) is 0 Å². The lowest BCUT2D eigenvalue weighted by Crippen LogP contribution is -2.23. The Labute approximate surface area is 99.5 Å². The van der Waals surface area contributed by atoms with Crippen molar-refractivity contribution in [2.75, 3.05) is 11.9 Å². The maximum absolute atomic E-state index is 11.0. The van der Waals surface area contributed by atoms with Gasteiger partial charge in [0.15, 0.2) is 0 Å². The highest BCUT2D eigenvalue weighted by Crippen LogP contribution is 2.25. The molecule has 0 amide bonds. The largest absolute Gasteiger partial charge is 0.478 e. The van der Waals surface area contributed by atoms with Crippen molar-refractivity contribution >= 4 is 11.8 Å². The van der Waals surface area contributed by atoms with Crippen molar-refractivity contribution in [2.24, 2.45) is 5.92 Å². The van der Waals surface area contributed by atoms with Crippen molar-refractivity contribution in [1.29, 1.82) is 0 Å². The Morgan fingerprint density at radius 1 is 1.53 bits per heavy atom. The van der Waals surface area contributed by atoms with E-state index in [4.69, 9.17) is 5.11 Å². The number of aromatic nitrogens is 1. The van der Waals surface area contributed by atoms with Crippen LogP contribution in [0.15, 0.2) is 18.3 Å². The number of carbonyl (C=O) groups is 1. The second-order valence-electron chi connectivity index (χ2n) is 4.34. The molecule has 0 radical (unpaired) electrons. The van der Waals surface area contributed by atoms with Gasteiger partial charge in [-0.1, -0.05) is 6.42 Å². The van der Waals surface area contributed by atoms with Crippen LogP contribution in [0.5, 0.6) is 0 Å². The molecule has 0 aromatic carbocycles. The number of nitrogens with zero attached hydrogens (tertiary/aromatic N) is 1. The summed E-state index contributed by atoms with van der Waals surface area (Å²) in [5.74, 6) is -0.426. The third kappa shape index (κ3) is 2.74. The molecule has 1 aliphatic carbocycles. The van der Waals surface area contributed by atoms with Crippen LogP contribution in [0.3, 0.4) is 0 Å². The average Bonchev–Trinajstić information content (AvgIpc) is 2.72. The van der Waals surface area contributed by atoms with Gasteiger partial charge in [-0.25, -0.2) is 9.78 Å². The summed E-state index contributed by atoms with van der Waals surface area (Å²) >= 11 is 0. The van der Waals surface area contributed by atoms with Crippen LogP contribution in [0.4, 0.5) is 5.82 Å². The predicted molar refractivity (Wildman–Crippen MR) is 63.0 cm³/mol. The van der Waals surface area contributed by atoms with E-state index in [9.17, 15) is 9.90 Å². The molecule has 1 aliphatic rings. The van der Waals surface area contributed by atoms with Gasteiger partial charge in [0.25, 0.3) is 0 Å². The first-order valence-corrected chi connectivity index (χ1v) is 5.78. The van der Waals surface area contributed by atoms with E-state index in [1.54, 1.807) is 12.3 Å². The molecule has 0 bridgehead atoms. The average molecular weight is 236 g/mol. The molecule has 92 valence electrons. The maximum atomic E-state index is 11.0. The monoisotopic (exact) mass is 236 g/mol. The normalized spacial score (nSPS) is 23.6. The van der Waals surface area contributed by atoms with Crippen molar-refractivity contribution < 1.29 is 15.0 Å². The first-order valence-electron chi connectivity index (χ1n) is 5.78. The van der Waals surface area contributed by atoms with Crippen LogP contribution in [-0.4, -0.2) is 33.8 Å². The van der Waals surface area contributed by atoms with E-state index in [1.807, 2.05) is 0 Å². The molecule has 0 saturated heterocycles. The predicted octanol–water partition coefficient (Wildman–Crippen LogP) is 1.35. The lowest BCUT2D eigenvalue weighted by atomic mass is 10.1. The second kappa shape index (κ2) is 5.14. The molecule has 0 spiro atoms. The topological polar surface area (TPSA) is 82.5 Å². The van der Waals surface area contributed by atoms with Gasteiger partial charge in [0, 0.05) is 18.7 Å². The molecule has 2 atom stereocenters. The van der Waals surface area contributed by atoms with Crippen LogP contribution < -0.4 is 5.32 Å². The van der Waals surface area contributed by atoms with Gasteiger partial charge in [-0.05, 0) is 25.0 Å². The minimum atomic E-state index is -0.993. The summed E-state index contributed by atoms with van der Waals surface area (Å²) in [6.07, 6.45) is 4.12. The van der Waals surface area contributed by atoms with E-state index >= 15 is 0 Å². The number of anilines is 1. The Bertz CT molecular complexity index is 408. The van der Waals surface area contributed by atoms with Gasteiger partial charge in [0.05, 0.1) is 6.10 Å². The summed E-state index contributed by atoms with van der Waals surface area (Å²) < 4.78 is 0. The molecule has 17 heavy (non-hydrogen) atoms. The number of hydrogen-bond acceptors (Lipinski definition) is 4. The van der Waals surface area contributed by atoms with E-state index in [1.165, 1.54) is 6.07 Å². The summed E-state index contributed by atoms with van der Waals surface area (Å²) in [5, 5.41) is 21.7. The first-order chi connectivity index (χ1) is 8.18. The summed E-state index contributed by atoms with van der Waals surface area (Å²) in [5.41, 5.74) is 0.167. The van der Waals surface area contributed by atoms with Crippen molar-refractivity contribution in [2.45, 2.75) is 25.4 Å². The highest BCUT2D eigenvalue weighted by Gasteiger charge is 2.25. The van der Waals surface area contributed by atoms with Crippen molar-refractivity contribution in [3.63, 3.8) is 0 Å². The lowest BCUT2D eigenvalue weighted by Gasteiger charge is -2.16. The van der Waals surface area contributed by atoms with Gasteiger partial charge in [-0.2, -0.15) is 0 Å². The van der Waals surface area contributed by atoms with Crippen LogP contribution in [0.1, 0.15) is 29.6 Å². The van der Waals surface area contributed by atoms with Gasteiger partial charge in [0.2, 0.25) is 0 Å². The number of aliphatic hydroxyl groups excluding tert-OH is 1. The molecular formula is C12H16N2O3. The SMILES string of the molecule is O=C(O)c1cccnc1NCC1CCCC1O. The number of hydrogen-bond donors (Lipinski definition) is 3. The van der Waals surface area contributed by atoms with Crippen LogP contribution in [0.2, 0.25) is 0 Å². The number of carboxylic acids is 1. The number of nitrogens with one attached hydrogen (secondary N) is 1. The molecule has 5 heteroatoms. The summed E-state index contributed by atoms with van der Waals surface area (Å²) in [4.78, 5) is 15.0. The fraction of sp³-hybridized carbons (Fsp3) is 0.500. The Hall–Kier alpha value is -1.62. The van der Waals surface area contributed by atoms with Crippen LogP contribution in [0, 0.1) is 5.92 Å². The van der Waals surface area contributed by atoms with E-state index < -0.39 is 5.97 Å². The molecule has 5 nitrogen and oxygen atoms in total. The van der Waals surface area contributed by atoms with E-state index in [0.29, 0.717) is 12.4 Å². The number of aromatic carboxylic acids is 1. The lowest BCUT2D eigenvalue weighted by molar-refractivity contribution is 0.0697. The molecule has 1 heterocycles. The quantitative estimate of drug-likeness (QED) is 0.735. The molecule has 1 fully saturated rings. The third-order valence-corrected chi connectivity index (χ3v) is 3.19. The molecule has 0 aliphatic heterocycles. The molecule has 2 unspecified atom stereocenters. The number of aliphatic hydroxyl groups is 1. The fourth-order valence-electron chi connectivity index (χ4n) is 2.20. The van der Waals surface area contributed by atoms with Crippen molar-refractivity contribution in [3.05, 3.63) is 23.9 Å². The minimum Gasteiger partial charge on any atom is -0.478 e. The van der Waals surface area contributed by atoms with Gasteiger partial charge in [-0.15, -0.1) is 0 Å². The maximum Gasteiger partial charge on any atom is 0.339 e. The number of pyridine rings is 1. The molecular weight excluding hydrogens is 220 g/mol. The molecule has 1 aromatic rings. The van der Waals surface area contributed by atoms with Crippen LogP contribution in [-0.2, 0) is 0 Å². The highest BCUT2D eigenvalue weighted by molar-refractivity contribution is 5.92. The van der Waals surface area contributed by atoms with E-state index in [2.05, 4.69) is 10.3 Å². The zero-order valence-electron chi connectivity index (χ0n) is 9.47.